The van der Waals surface area contributed by atoms with E-state index < -0.39 is 0 Å². The largest absolute Gasteiger partial charge is 0.342 e. The summed E-state index contributed by atoms with van der Waals surface area (Å²) in [7, 11) is 0. The third-order valence-electron chi connectivity index (χ3n) is 5.78. The van der Waals surface area contributed by atoms with Crippen molar-refractivity contribution in [2.45, 2.75) is 38.5 Å². The molecule has 2 fully saturated rings. The third kappa shape index (κ3) is 4.38. The van der Waals surface area contributed by atoms with Gasteiger partial charge in [0.05, 0.1) is 12.1 Å². The Morgan fingerprint density at radius 3 is 2.70 bits per heavy atom. The first-order chi connectivity index (χ1) is 13.2. The highest BCUT2D eigenvalue weighted by atomic mass is 32.1. The van der Waals surface area contributed by atoms with Crippen molar-refractivity contribution in [2.24, 2.45) is 11.8 Å². The molecule has 4 rings (SSSR count). The third-order valence-corrected chi connectivity index (χ3v) is 6.59. The van der Waals surface area contributed by atoms with Crippen molar-refractivity contribution in [3.05, 3.63) is 47.0 Å². The molecular formula is C21H25N3O2S. The zero-order valence-electron chi connectivity index (χ0n) is 15.4. The van der Waals surface area contributed by atoms with E-state index in [0.717, 1.165) is 31.1 Å². The Bertz CT molecular complexity index is 805. The van der Waals surface area contributed by atoms with E-state index in [1.54, 1.807) is 12.1 Å². The Balaban J connectivity index is 1.32. The molecule has 1 N–H and O–H groups in total. The van der Waals surface area contributed by atoms with Gasteiger partial charge in [-0.25, -0.2) is 4.98 Å². The first-order valence-corrected chi connectivity index (χ1v) is 10.7. The summed E-state index contributed by atoms with van der Waals surface area (Å²) in [5, 5.41) is 5.22. The lowest BCUT2D eigenvalue weighted by Crippen LogP contribution is -2.45. The highest BCUT2D eigenvalue weighted by Gasteiger charge is 2.32. The molecule has 2 aromatic rings. The normalized spacial score (nSPS) is 22.1. The number of hydrogen-bond acceptors (Lipinski definition) is 4. The van der Waals surface area contributed by atoms with Gasteiger partial charge in [-0.2, -0.15) is 0 Å². The number of rotatable bonds is 4. The van der Waals surface area contributed by atoms with Crippen LogP contribution in [0.15, 0.2) is 35.7 Å². The monoisotopic (exact) mass is 383 g/mol. The van der Waals surface area contributed by atoms with Gasteiger partial charge in [0.2, 0.25) is 5.91 Å². The van der Waals surface area contributed by atoms with E-state index in [4.69, 9.17) is 0 Å². The molecule has 0 spiro atoms. The Kier molecular flexibility index (Phi) is 5.53. The molecule has 6 heteroatoms. The van der Waals surface area contributed by atoms with Crippen molar-refractivity contribution in [3.63, 3.8) is 0 Å². The minimum absolute atomic E-state index is 0.158. The molecule has 1 aliphatic carbocycles. The van der Waals surface area contributed by atoms with Crippen LogP contribution in [-0.2, 0) is 11.2 Å². The van der Waals surface area contributed by atoms with E-state index in [0.29, 0.717) is 23.0 Å². The van der Waals surface area contributed by atoms with Crippen LogP contribution in [0.4, 0.5) is 5.13 Å². The Hall–Kier alpha value is -2.21. The molecule has 2 heterocycles. The number of thiazole rings is 1. The summed E-state index contributed by atoms with van der Waals surface area (Å²) in [5.41, 5.74) is 1.33. The van der Waals surface area contributed by atoms with Gasteiger partial charge in [-0.15, -0.1) is 11.3 Å². The number of hydrogen-bond donors (Lipinski definition) is 1. The molecule has 2 atom stereocenters. The smallest absolute Gasteiger partial charge is 0.257 e. The van der Waals surface area contributed by atoms with Crippen LogP contribution in [0.3, 0.4) is 0 Å². The molecule has 2 aliphatic rings. The van der Waals surface area contributed by atoms with Gasteiger partial charge in [0.25, 0.3) is 5.91 Å². The quantitative estimate of drug-likeness (QED) is 0.869. The molecule has 2 unspecified atom stereocenters. The lowest BCUT2D eigenvalue weighted by atomic mass is 9.75. The number of benzene rings is 1. The maximum Gasteiger partial charge on any atom is 0.257 e. The molecule has 1 saturated carbocycles. The highest BCUT2D eigenvalue weighted by molar-refractivity contribution is 7.14. The molecule has 1 aromatic carbocycles. The number of nitrogens with one attached hydrogen (secondary N) is 1. The number of aromatic nitrogens is 1. The summed E-state index contributed by atoms with van der Waals surface area (Å²) in [6.07, 6.45) is 6.72. The molecule has 0 radical (unpaired) electrons. The van der Waals surface area contributed by atoms with E-state index in [1.165, 1.54) is 37.0 Å². The zero-order valence-corrected chi connectivity index (χ0v) is 16.2. The van der Waals surface area contributed by atoms with E-state index in [9.17, 15) is 9.59 Å². The van der Waals surface area contributed by atoms with Crippen LogP contribution in [-0.4, -0.2) is 34.8 Å². The number of nitrogens with zero attached hydrogens (tertiary/aromatic N) is 2. The number of carbonyl (C=O) groups excluding carboxylic acids is 2. The second kappa shape index (κ2) is 8.21. The fourth-order valence-corrected chi connectivity index (χ4v) is 5.00. The standard InChI is InChI=1S/C21H25N3O2S/c25-19(24-11-10-15-6-4-5-9-17(15)13-24)12-18-14-27-21(22-18)23-20(26)16-7-2-1-3-8-16/h1-3,7-8,14-15,17H,4-6,9-13H2,(H,22,23,26). The number of likely N-dealkylation sites (tertiary alicyclic amines) is 1. The number of carbonyl (C=O) groups is 2. The molecule has 0 bridgehead atoms. The van der Waals surface area contributed by atoms with Gasteiger partial charge in [-0.05, 0) is 36.8 Å². The van der Waals surface area contributed by atoms with Crippen molar-refractivity contribution in [3.8, 4) is 0 Å². The van der Waals surface area contributed by atoms with Gasteiger partial charge in [0, 0.05) is 24.0 Å². The van der Waals surface area contributed by atoms with Crippen LogP contribution >= 0.6 is 11.3 Å². The van der Waals surface area contributed by atoms with Crippen LogP contribution in [0.1, 0.15) is 48.2 Å². The summed E-state index contributed by atoms with van der Waals surface area (Å²) in [6, 6.07) is 9.07. The van der Waals surface area contributed by atoms with E-state index >= 15 is 0 Å². The van der Waals surface area contributed by atoms with Gasteiger partial charge < -0.3 is 4.90 Å². The summed E-state index contributed by atoms with van der Waals surface area (Å²) in [5.74, 6) is 1.49. The van der Waals surface area contributed by atoms with Crippen molar-refractivity contribution >= 4 is 28.3 Å². The first kappa shape index (κ1) is 18.2. The number of fused-ring (bicyclic) bond motifs is 1. The van der Waals surface area contributed by atoms with Crippen LogP contribution in [0, 0.1) is 11.8 Å². The molecule has 1 saturated heterocycles. The molecule has 1 aromatic heterocycles. The second-order valence-corrected chi connectivity index (χ2v) is 8.43. The molecule has 27 heavy (non-hydrogen) atoms. The van der Waals surface area contributed by atoms with Gasteiger partial charge in [0.1, 0.15) is 0 Å². The highest BCUT2D eigenvalue weighted by Crippen LogP contribution is 2.36. The van der Waals surface area contributed by atoms with Crippen molar-refractivity contribution in [1.82, 2.24) is 9.88 Å². The van der Waals surface area contributed by atoms with Crippen LogP contribution in [0.2, 0.25) is 0 Å². The first-order valence-electron chi connectivity index (χ1n) is 9.77. The molecule has 2 amide bonds. The summed E-state index contributed by atoms with van der Waals surface area (Å²) >= 11 is 1.37. The number of piperidine rings is 1. The SMILES string of the molecule is O=C(Nc1nc(CC(=O)N2CCC3CCCCC3C2)cs1)c1ccccc1. The molecular weight excluding hydrogens is 358 g/mol. The fourth-order valence-electron chi connectivity index (χ4n) is 4.30. The van der Waals surface area contributed by atoms with Crippen LogP contribution in [0.5, 0.6) is 0 Å². The average molecular weight is 384 g/mol. The van der Waals surface area contributed by atoms with Crippen molar-refractivity contribution in [1.29, 1.82) is 0 Å². The van der Waals surface area contributed by atoms with Gasteiger partial charge in [-0.1, -0.05) is 37.5 Å². The minimum Gasteiger partial charge on any atom is -0.342 e. The molecule has 5 nitrogen and oxygen atoms in total. The molecule has 142 valence electrons. The van der Waals surface area contributed by atoms with Gasteiger partial charge in [0.15, 0.2) is 5.13 Å². The van der Waals surface area contributed by atoms with Crippen LogP contribution in [0.25, 0.3) is 0 Å². The maximum atomic E-state index is 12.7. The van der Waals surface area contributed by atoms with E-state index in [2.05, 4.69) is 10.3 Å². The Morgan fingerprint density at radius 2 is 1.89 bits per heavy atom. The lowest BCUT2D eigenvalue weighted by molar-refractivity contribution is -0.133. The van der Waals surface area contributed by atoms with Gasteiger partial charge in [-0.3, -0.25) is 14.9 Å². The van der Waals surface area contributed by atoms with Crippen molar-refractivity contribution < 1.29 is 9.59 Å². The average Bonchev–Trinajstić information content (AvgIpc) is 3.15. The summed E-state index contributed by atoms with van der Waals surface area (Å²) in [6.45, 7) is 1.78. The van der Waals surface area contributed by atoms with E-state index in [1.807, 2.05) is 28.5 Å². The predicted octanol–water partition coefficient (Wildman–Crippen LogP) is 3.98. The molecule has 1 aliphatic heterocycles. The van der Waals surface area contributed by atoms with E-state index in [-0.39, 0.29) is 11.8 Å². The minimum atomic E-state index is -0.179. The fraction of sp³-hybridized carbons (Fsp3) is 0.476. The Labute approximate surface area is 163 Å². The Morgan fingerprint density at radius 1 is 1.11 bits per heavy atom. The maximum absolute atomic E-state index is 12.7. The predicted molar refractivity (Wildman–Crippen MR) is 107 cm³/mol. The van der Waals surface area contributed by atoms with Gasteiger partial charge >= 0.3 is 0 Å². The summed E-state index contributed by atoms with van der Waals surface area (Å²) in [4.78, 5) is 31.4. The number of amides is 2. The topological polar surface area (TPSA) is 62.3 Å². The zero-order chi connectivity index (χ0) is 18.6. The van der Waals surface area contributed by atoms with Crippen molar-refractivity contribution in [2.75, 3.05) is 18.4 Å². The second-order valence-electron chi connectivity index (χ2n) is 7.57. The number of anilines is 1. The van der Waals surface area contributed by atoms with Crippen LogP contribution < -0.4 is 5.32 Å². The lowest BCUT2D eigenvalue weighted by Gasteiger charge is -2.41. The summed E-state index contributed by atoms with van der Waals surface area (Å²) < 4.78 is 0.